The van der Waals surface area contributed by atoms with Crippen LogP contribution in [0.2, 0.25) is 0 Å². The van der Waals surface area contributed by atoms with Gasteiger partial charge in [0.05, 0.1) is 0 Å². The molecule has 0 bridgehead atoms. The van der Waals surface area contributed by atoms with Crippen molar-refractivity contribution in [2.45, 2.75) is 39.5 Å². The van der Waals surface area contributed by atoms with E-state index in [1.54, 1.807) is 0 Å². The number of nitrogens with two attached hydrogens (primary N) is 1. The predicted molar refractivity (Wildman–Crippen MR) is 84.2 cm³/mol. The molecule has 1 aromatic rings. The van der Waals surface area contributed by atoms with Gasteiger partial charge < -0.3 is 10.6 Å². The van der Waals surface area contributed by atoms with E-state index in [2.05, 4.69) is 31.5 Å². The molecule has 0 amide bonds. The first-order chi connectivity index (χ1) is 10.2. The van der Waals surface area contributed by atoms with Crippen molar-refractivity contribution >= 4 is 23.3 Å². The number of hydrogen-bond acceptors (Lipinski definition) is 7. The molecule has 7 nitrogen and oxygen atoms in total. The minimum atomic E-state index is 0.154. The summed E-state index contributed by atoms with van der Waals surface area (Å²) in [7, 11) is 0. The van der Waals surface area contributed by atoms with E-state index in [9.17, 15) is 5.26 Å². The molecule has 3 N–H and O–H groups in total. The molecule has 0 saturated carbocycles. The summed E-state index contributed by atoms with van der Waals surface area (Å²) in [6.07, 6.45) is 4.24. The molecule has 0 atom stereocenters. The number of nitrogens with zero attached hydrogens (tertiary/aromatic N) is 5. The van der Waals surface area contributed by atoms with E-state index in [0.29, 0.717) is 17.2 Å². The number of nitrogens with one attached hydrogen (secondary N) is 1. The summed E-state index contributed by atoms with van der Waals surface area (Å²) in [5.74, 6) is 1.14. The van der Waals surface area contributed by atoms with Crippen LogP contribution in [0.25, 0.3) is 0 Å². The minimum absolute atomic E-state index is 0.154. The van der Waals surface area contributed by atoms with E-state index in [1.807, 2.05) is 13.8 Å². The zero-order chi connectivity index (χ0) is 15.2. The van der Waals surface area contributed by atoms with Gasteiger partial charge in [-0.1, -0.05) is 6.92 Å². The van der Waals surface area contributed by atoms with E-state index in [-0.39, 0.29) is 5.95 Å². The molecule has 0 aromatic carbocycles. The molecular formula is C14H21N7. The Labute approximate surface area is 124 Å². The quantitative estimate of drug-likeness (QED) is 0.649. The topological polar surface area (TPSA) is 103 Å². The van der Waals surface area contributed by atoms with Crippen molar-refractivity contribution in [1.82, 2.24) is 9.97 Å². The van der Waals surface area contributed by atoms with Crippen LogP contribution in [0.1, 0.15) is 45.1 Å². The van der Waals surface area contributed by atoms with Crippen LogP contribution in [0.4, 0.5) is 17.6 Å². The molecule has 0 spiro atoms. The Balaban J connectivity index is 2.36. The summed E-state index contributed by atoms with van der Waals surface area (Å²) in [5, 5.41) is 13.7. The van der Waals surface area contributed by atoms with Gasteiger partial charge in [0.1, 0.15) is 11.6 Å². The van der Waals surface area contributed by atoms with Gasteiger partial charge in [-0.3, -0.25) is 5.43 Å². The van der Waals surface area contributed by atoms with Crippen molar-refractivity contribution in [1.29, 1.82) is 5.26 Å². The standard InChI is InChI=1S/C14H21N7/c1-3-10(2)19-20-12-11(9-15)13(18-14(16)17-12)21-7-5-4-6-8-21/h3-8H2,1-2H3,(H3,16,17,18,20)/b19-10-. The van der Waals surface area contributed by atoms with Crippen molar-refractivity contribution in [3.05, 3.63) is 5.56 Å². The molecule has 2 rings (SSSR count). The molecule has 1 aliphatic heterocycles. The third-order valence-electron chi connectivity index (χ3n) is 3.54. The van der Waals surface area contributed by atoms with Gasteiger partial charge >= 0.3 is 0 Å². The number of rotatable bonds is 4. The SMILES string of the molecule is CC/C(C)=N\Nc1nc(N)nc(N2CCCCC2)c1C#N. The number of anilines is 3. The highest BCUT2D eigenvalue weighted by atomic mass is 15.3. The molecule has 1 aromatic heterocycles. The van der Waals surface area contributed by atoms with Crippen LogP contribution >= 0.6 is 0 Å². The maximum Gasteiger partial charge on any atom is 0.224 e. The molecule has 0 aliphatic carbocycles. The first-order valence-corrected chi connectivity index (χ1v) is 7.27. The molecule has 1 saturated heterocycles. The molecule has 21 heavy (non-hydrogen) atoms. The molecule has 7 heteroatoms. The van der Waals surface area contributed by atoms with Crippen molar-refractivity contribution in [3.8, 4) is 6.07 Å². The third-order valence-corrected chi connectivity index (χ3v) is 3.54. The lowest BCUT2D eigenvalue weighted by atomic mass is 10.1. The second-order valence-electron chi connectivity index (χ2n) is 5.10. The fraction of sp³-hybridized carbons (Fsp3) is 0.571. The number of piperidine rings is 1. The second kappa shape index (κ2) is 6.88. The van der Waals surface area contributed by atoms with Crippen molar-refractivity contribution in [2.24, 2.45) is 5.10 Å². The smallest absolute Gasteiger partial charge is 0.224 e. The summed E-state index contributed by atoms with van der Waals surface area (Å²) in [6.45, 7) is 5.71. The summed E-state index contributed by atoms with van der Waals surface area (Å²) in [5.41, 5.74) is 9.95. The minimum Gasteiger partial charge on any atom is -0.368 e. The van der Waals surface area contributed by atoms with E-state index in [4.69, 9.17) is 5.73 Å². The Morgan fingerprint density at radius 1 is 1.38 bits per heavy atom. The molecular weight excluding hydrogens is 266 g/mol. The molecule has 0 unspecified atom stereocenters. The molecule has 112 valence electrons. The molecule has 2 heterocycles. The lowest BCUT2D eigenvalue weighted by Gasteiger charge is -2.28. The largest absolute Gasteiger partial charge is 0.368 e. The van der Waals surface area contributed by atoms with Gasteiger partial charge in [0.15, 0.2) is 11.6 Å². The maximum atomic E-state index is 9.46. The number of hydrogen-bond donors (Lipinski definition) is 2. The fourth-order valence-electron chi connectivity index (χ4n) is 2.21. The zero-order valence-corrected chi connectivity index (χ0v) is 12.6. The zero-order valence-electron chi connectivity index (χ0n) is 12.6. The van der Waals surface area contributed by atoms with Crippen molar-refractivity contribution < 1.29 is 0 Å². The Morgan fingerprint density at radius 3 is 2.71 bits per heavy atom. The Morgan fingerprint density at radius 2 is 2.10 bits per heavy atom. The van der Waals surface area contributed by atoms with Crippen molar-refractivity contribution in [3.63, 3.8) is 0 Å². The van der Waals surface area contributed by atoms with E-state index < -0.39 is 0 Å². The Hall–Kier alpha value is -2.36. The summed E-state index contributed by atoms with van der Waals surface area (Å²) in [6, 6.07) is 2.18. The van der Waals surface area contributed by atoms with E-state index in [0.717, 1.165) is 38.1 Å². The maximum absolute atomic E-state index is 9.46. The Kier molecular flexibility index (Phi) is 4.93. The molecule has 0 radical (unpaired) electrons. The molecule has 1 fully saturated rings. The normalized spacial score (nSPS) is 15.7. The van der Waals surface area contributed by atoms with Crippen LogP contribution in [0.3, 0.4) is 0 Å². The lowest BCUT2D eigenvalue weighted by Crippen LogP contribution is -2.31. The van der Waals surface area contributed by atoms with Gasteiger partial charge in [0.25, 0.3) is 0 Å². The van der Waals surface area contributed by atoms with Gasteiger partial charge in [-0.25, -0.2) is 0 Å². The average Bonchev–Trinajstić information content (AvgIpc) is 2.52. The highest BCUT2D eigenvalue weighted by Gasteiger charge is 2.20. The van der Waals surface area contributed by atoms with Gasteiger partial charge in [-0.15, -0.1) is 0 Å². The number of aromatic nitrogens is 2. The summed E-state index contributed by atoms with van der Waals surface area (Å²) < 4.78 is 0. The van der Waals surface area contributed by atoms with Gasteiger partial charge in [0, 0.05) is 18.8 Å². The summed E-state index contributed by atoms with van der Waals surface area (Å²) in [4.78, 5) is 10.5. The monoisotopic (exact) mass is 287 g/mol. The second-order valence-corrected chi connectivity index (χ2v) is 5.10. The summed E-state index contributed by atoms with van der Waals surface area (Å²) >= 11 is 0. The fourth-order valence-corrected chi connectivity index (χ4v) is 2.21. The third kappa shape index (κ3) is 3.60. The van der Waals surface area contributed by atoms with Crippen LogP contribution in [0.5, 0.6) is 0 Å². The highest BCUT2D eigenvalue weighted by molar-refractivity contribution is 5.82. The average molecular weight is 287 g/mol. The Bertz CT molecular complexity index is 567. The van der Waals surface area contributed by atoms with Crippen molar-refractivity contribution in [2.75, 3.05) is 29.1 Å². The highest BCUT2D eigenvalue weighted by Crippen LogP contribution is 2.27. The number of nitrogen functional groups attached to an aromatic ring is 1. The van der Waals surface area contributed by atoms with Crippen LogP contribution < -0.4 is 16.1 Å². The van der Waals surface area contributed by atoms with Crippen LogP contribution in [0, 0.1) is 11.3 Å². The first-order valence-electron chi connectivity index (χ1n) is 7.27. The van der Waals surface area contributed by atoms with Gasteiger partial charge in [0.2, 0.25) is 5.95 Å². The van der Waals surface area contributed by atoms with Crippen LogP contribution in [-0.4, -0.2) is 28.8 Å². The van der Waals surface area contributed by atoms with Gasteiger partial charge in [-0.05, 0) is 32.6 Å². The van der Waals surface area contributed by atoms with Crippen LogP contribution in [0.15, 0.2) is 5.10 Å². The van der Waals surface area contributed by atoms with Gasteiger partial charge in [-0.2, -0.15) is 20.3 Å². The number of nitriles is 1. The van der Waals surface area contributed by atoms with Crippen LogP contribution in [-0.2, 0) is 0 Å². The first kappa shape index (κ1) is 15.0. The molecule has 1 aliphatic rings. The lowest BCUT2D eigenvalue weighted by molar-refractivity contribution is 0.573. The number of hydrazone groups is 1. The van der Waals surface area contributed by atoms with E-state index >= 15 is 0 Å². The predicted octanol–water partition coefficient (Wildman–Crippen LogP) is 2.12. The van der Waals surface area contributed by atoms with E-state index in [1.165, 1.54) is 6.42 Å².